The number of para-hydroxylation sites is 2. The summed E-state index contributed by atoms with van der Waals surface area (Å²) >= 11 is 0. The summed E-state index contributed by atoms with van der Waals surface area (Å²) < 4.78 is 11.8. The molecule has 2 aromatic rings. The molecule has 2 aromatic carbocycles. The van der Waals surface area contributed by atoms with Gasteiger partial charge in [0.1, 0.15) is 11.5 Å². The van der Waals surface area contributed by atoms with Crippen LogP contribution in [0.5, 0.6) is 11.5 Å². The molecule has 0 heterocycles. The average molecular weight is 342 g/mol. The lowest BCUT2D eigenvalue weighted by atomic mass is 10.1. The van der Waals surface area contributed by atoms with Crippen molar-refractivity contribution in [2.24, 2.45) is 11.5 Å². The first-order valence-electron chi connectivity index (χ1n) is 8.99. The van der Waals surface area contributed by atoms with E-state index in [-0.39, 0.29) is 12.1 Å². The Morgan fingerprint density at radius 1 is 0.720 bits per heavy atom. The van der Waals surface area contributed by atoms with Crippen LogP contribution in [0, 0.1) is 0 Å². The van der Waals surface area contributed by atoms with Gasteiger partial charge in [0.25, 0.3) is 0 Å². The van der Waals surface area contributed by atoms with E-state index in [0.717, 1.165) is 41.9 Å². The van der Waals surface area contributed by atoms with E-state index in [4.69, 9.17) is 20.9 Å². The van der Waals surface area contributed by atoms with Crippen LogP contribution in [0.4, 0.5) is 0 Å². The Hall–Kier alpha value is -2.04. The molecule has 0 aromatic heterocycles. The average Bonchev–Trinajstić information content (AvgIpc) is 2.56. The zero-order chi connectivity index (χ0) is 18.1. The van der Waals surface area contributed by atoms with Crippen molar-refractivity contribution in [1.29, 1.82) is 0 Å². The maximum Gasteiger partial charge on any atom is 0.122 e. The summed E-state index contributed by atoms with van der Waals surface area (Å²) in [5.74, 6) is 1.83. The van der Waals surface area contributed by atoms with Crippen molar-refractivity contribution in [3.63, 3.8) is 0 Å². The number of hydrogen-bond donors (Lipinski definition) is 2. The lowest BCUT2D eigenvalue weighted by molar-refractivity contribution is 0.244. The van der Waals surface area contributed by atoms with Gasteiger partial charge in [-0.3, -0.25) is 0 Å². The first kappa shape index (κ1) is 19.3. The minimum absolute atomic E-state index is 0.120. The lowest BCUT2D eigenvalue weighted by Gasteiger charge is -2.14. The van der Waals surface area contributed by atoms with Gasteiger partial charge in [0.05, 0.1) is 13.2 Å². The first-order valence-corrected chi connectivity index (χ1v) is 8.99. The number of benzene rings is 2. The molecule has 0 spiro atoms. The van der Waals surface area contributed by atoms with Gasteiger partial charge < -0.3 is 20.9 Å². The van der Waals surface area contributed by atoms with E-state index < -0.39 is 0 Å². The molecule has 0 aliphatic rings. The summed E-state index contributed by atoms with van der Waals surface area (Å²) in [7, 11) is 0. The van der Waals surface area contributed by atoms with Crippen LogP contribution in [0.25, 0.3) is 0 Å². The van der Waals surface area contributed by atoms with Crippen LogP contribution < -0.4 is 20.9 Å². The number of ether oxygens (including phenoxy) is 2. The Bertz CT molecular complexity index is 586. The quantitative estimate of drug-likeness (QED) is 0.650. The predicted molar refractivity (Wildman–Crippen MR) is 103 cm³/mol. The van der Waals surface area contributed by atoms with Crippen molar-refractivity contribution in [1.82, 2.24) is 0 Å². The summed E-state index contributed by atoms with van der Waals surface area (Å²) in [6.07, 6.45) is 2.45. The van der Waals surface area contributed by atoms with Gasteiger partial charge in [-0.25, -0.2) is 0 Å². The van der Waals surface area contributed by atoms with E-state index in [1.165, 1.54) is 0 Å². The lowest BCUT2D eigenvalue weighted by Crippen LogP contribution is -2.18. The Balaban J connectivity index is 1.79. The highest BCUT2D eigenvalue weighted by Gasteiger charge is 2.07. The molecule has 2 rings (SSSR count). The molecular formula is C21H30N2O2. The predicted octanol–water partition coefficient (Wildman–Crippen LogP) is 3.31. The van der Waals surface area contributed by atoms with Crippen molar-refractivity contribution in [2.75, 3.05) is 13.2 Å². The van der Waals surface area contributed by atoms with Crippen LogP contribution >= 0.6 is 0 Å². The zero-order valence-electron chi connectivity index (χ0n) is 15.3. The normalized spacial score (nSPS) is 13.3. The molecule has 0 fully saturated rings. The second kappa shape index (κ2) is 10.1. The van der Waals surface area contributed by atoms with Gasteiger partial charge >= 0.3 is 0 Å². The Morgan fingerprint density at radius 2 is 1.12 bits per heavy atom. The van der Waals surface area contributed by atoms with E-state index in [0.29, 0.717) is 13.2 Å². The second-order valence-corrected chi connectivity index (χ2v) is 6.63. The molecule has 0 saturated carbocycles. The summed E-state index contributed by atoms with van der Waals surface area (Å²) in [6, 6.07) is 16.4. The van der Waals surface area contributed by atoms with Crippen molar-refractivity contribution in [3.05, 3.63) is 59.7 Å². The molecule has 0 bridgehead atoms. The van der Waals surface area contributed by atoms with Gasteiger partial charge in [-0.1, -0.05) is 36.4 Å². The first-order chi connectivity index (χ1) is 12.1. The third-order valence-electron chi connectivity index (χ3n) is 3.83. The van der Waals surface area contributed by atoms with Crippen molar-refractivity contribution in [2.45, 2.75) is 45.2 Å². The molecule has 4 N–H and O–H groups in total. The van der Waals surface area contributed by atoms with Gasteiger partial charge in [0, 0.05) is 18.5 Å². The van der Waals surface area contributed by atoms with Crippen molar-refractivity contribution in [3.8, 4) is 11.5 Å². The molecule has 0 radical (unpaired) electrons. The topological polar surface area (TPSA) is 70.5 Å². The number of nitrogens with two attached hydrogens (primary N) is 2. The standard InChI is InChI=1S/C21H30N2O2/c1-16(22)14-18-8-3-5-10-20(18)24-12-7-13-25-21-11-6-4-9-19(21)15-17(2)23/h3-6,8-11,16-17H,7,12-15,22-23H2,1-2H3. The summed E-state index contributed by atoms with van der Waals surface area (Å²) in [4.78, 5) is 0. The van der Waals surface area contributed by atoms with Crippen LogP contribution in [-0.4, -0.2) is 25.3 Å². The van der Waals surface area contributed by atoms with E-state index in [2.05, 4.69) is 12.1 Å². The fourth-order valence-electron chi connectivity index (χ4n) is 2.74. The van der Waals surface area contributed by atoms with Gasteiger partial charge in [-0.15, -0.1) is 0 Å². The number of rotatable bonds is 10. The largest absolute Gasteiger partial charge is 0.493 e. The molecule has 0 aliphatic carbocycles. The Kier molecular flexibility index (Phi) is 7.76. The summed E-state index contributed by atoms with van der Waals surface area (Å²) in [5, 5.41) is 0. The molecule has 4 nitrogen and oxygen atoms in total. The molecule has 0 aliphatic heterocycles. The van der Waals surface area contributed by atoms with Crippen molar-refractivity contribution >= 4 is 0 Å². The maximum atomic E-state index is 5.92. The van der Waals surface area contributed by atoms with E-state index in [1.54, 1.807) is 0 Å². The Labute approximate surface area is 151 Å². The SMILES string of the molecule is CC(N)Cc1ccccc1OCCCOc1ccccc1CC(C)N. The third-order valence-corrected chi connectivity index (χ3v) is 3.83. The molecule has 4 heteroatoms. The highest BCUT2D eigenvalue weighted by Crippen LogP contribution is 2.21. The fourth-order valence-corrected chi connectivity index (χ4v) is 2.74. The summed E-state index contributed by atoms with van der Waals surface area (Å²) in [5.41, 5.74) is 14.1. The van der Waals surface area contributed by atoms with E-state index in [9.17, 15) is 0 Å². The molecule has 0 saturated heterocycles. The van der Waals surface area contributed by atoms with Gasteiger partial charge in [0.15, 0.2) is 0 Å². The highest BCUT2D eigenvalue weighted by atomic mass is 16.5. The van der Waals surface area contributed by atoms with Crippen LogP contribution in [0.15, 0.2) is 48.5 Å². The monoisotopic (exact) mass is 342 g/mol. The van der Waals surface area contributed by atoms with Gasteiger partial charge in [0.2, 0.25) is 0 Å². The maximum absolute atomic E-state index is 5.92. The molecule has 25 heavy (non-hydrogen) atoms. The van der Waals surface area contributed by atoms with Gasteiger partial charge in [-0.2, -0.15) is 0 Å². The molecular weight excluding hydrogens is 312 g/mol. The molecule has 2 unspecified atom stereocenters. The van der Waals surface area contributed by atoms with E-state index >= 15 is 0 Å². The molecule has 136 valence electrons. The zero-order valence-corrected chi connectivity index (χ0v) is 15.3. The third kappa shape index (κ3) is 6.77. The van der Waals surface area contributed by atoms with Crippen LogP contribution in [0.1, 0.15) is 31.4 Å². The molecule has 2 atom stereocenters. The minimum atomic E-state index is 0.120. The van der Waals surface area contributed by atoms with Crippen LogP contribution in [-0.2, 0) is 12.8 Å². The second-order valence-electron chi connectivity index (χ2n) is 6.63. The van der Waals surface area contributed by atoms with Crippen LogP contribution in [0.3, 0.4) is 0 Å². The smallest absolute Gasteiger partial charge is 0.122 e. The fraction of sp³-hybridized carbons (Fsp3) is 0.429. The molecule has 0 amide bonds. The van der Waals surface area contributed by atoms with Gasteiger partial charge in [-0.05, 0) is 49.9 Å². The number of hydrogen-bond acceptors (Lipinski definition) is 4. The van der Waals surface area contributed by atoms with Crippen LogP contribution in [0.2, 0.25) is 0 Å². The van der Waals surface area contributed by atoms with E-state index in [1.807, 2.05) is 50.2 Å². The Morgan fingerprint density at radius 3 is 1.52 bits per heavy atom. The summed E-state index contributed by atoms with van der Waals surface area (Å²) in [6.45, 7) is 5.24. The van der Waals surface area contributed by atoms with Crippen molar-refractivity contribution < 1.29 is 9.47 Å². The minimum Gasteiger partial charge on any atom is -0.493 e. The highest BCUT2D eigenvalue weighted by molar-refractivity contribution is 5.34.